The summed E-state index contributed by atoms with van der Waals surface area (Å²) < 4.78 is 11.1. The summed E-state index contributed by atoms with van der Waals surface area (Å²) in [4.78, 5) is 4.66. The van der Waals surface area contributed by atoms with E-state index in [1.54, 1.807) is 7.11 Å². The molecule has 1 aromatic heterocycles. The first-order valence-corrected chi connectivity index (χ1v) is 7.13. The Kier molecular flexibility index (Phi) is 4.17. The van der Waals surface area contributed by atoms with Crippen LogP contribution in [0.3, 0.4) is 0 Å². The average molecular weight is 288 g/mol. The van der Waals surface area contributed by atoms with Crippen LogP contribution in [0.1, 0.15) is 5.89 Å². The van der Waals surface area contributed by atoms with Gasteiger partial charge in [-0.15, -0.1) is 10.2 Å². The minimum atomic E-state index is 0.511. The van der Waals surface area contributed by atoms with Crippen molar-refractivity contribution in [2.45, 2.75) is 6.54 Å². The predicted octanol–water partition coefficient (Wildman–Crippen LogP) is 1.49. The van der Waals surface area contributed by atoms with Gasteiger partial charge in [-0.25, -0.2) is 0 Å². The highest BCUT2D eigenvalue weighted by Gasteiger charge is 2.18. The Morgan fingerprint density at radius 2 is 1.90 bits per heavy atom. The molecule has 0 amide bonds. The van der Waals surface area contributed by atoms with Crippen molar-refractivity contribution in [2.75, 3.05) is 40.3 Å². The van der Waals surface area contributed by atoms with E-state index in [1.807, 2.05) is 24.3 Å². The second-order valence-corrected chi connectivity index (χ2v) is 5.28. The minimum Gasteiger partial charge on any atom is -0.496 e. The van der Waals surface area contributed by atoms with Crippen LogP contribution >= 0.6 is 0 Å². The van der Waals surface area contributed by atoms with E-state index in [9.17, 15) is 0 Å². The third-order valence-corrected chi connectivity index (χ3v) is 3.76. The number of benzene rings is 1. The van der Waals surface area contributed by atoms with Crippen molar-refractivity contribution in [1.82, 2.24) is 20.0 Å². The molecule has 1 fully saturated rings. The first-order chi connectivity index (χ1) is 10.3. The zero-order valence-electron chi connectivity index (χ0n) is 12.5. The Labute approximate surface area is 124 Å². The van der Waals surface area contributed by atoms with Gasteiger partial charge in [0.05, 0.1) is 19.2 Å². The Morgan fingerprint density at radius 3 is 2.67 bits per heavy atom. The molecule has 0 N–H and O–H groups in total. The van der Waals surface area contributed by atoms with E-state index in [-0.39, 0.29) is 0 Å². The molecule has 3 rings (SSSR count). The van der Waals surface area contributed by atoms with E-state index in [2.05, 4.69) is 27.0 Å². The van der Waals surface area contributed by atoms with E-state index >= 15 is 0 Å². The van der Waals surface area contributed by atoms with E-state index in [0.717, 1.165) is 37.5 Å². The van der Waals surface area contributed by atoms with E-state index in [1.165, 1.54) is 0 Å². The van der Waals surface area contributed by atoms with E-state index in [4.69, 9.17) is 9.15 Å². The summed E-state index contributed by atoms with van der Waals surface area (Å²) in [5.74, 6) is 1.91. The third-order valence-electron chi connectivity index (χ3n) is 3.76. The lowest BCUT2D eigenvalue weighted by atomic mass is 10.2. The van der Waals surface area contributed by atoms with Gasteiger partial charge in [-0.05, 0) is 19.2 Å². The maximum absolute atomic E-state index is 5.78. The lowest BCUT2D eigenvalue weighted by Gasteiger charge is -2.31. The standard InChI is InChI=1S/C15H20N4O2/c1-18-7-9-19(10-8-18)11-14-16-17-15(21-14)12-5-3-4-6-13(12)20-2/h3-6H,7-11H2,1-2H3. The number of para-hydroxylation sites is 1. The van der Waals surface area contributed by atoms with Crippen molar-refractivity contribution in [1.29, 1.82) is 0 Å². The van der Waals surface area contributed by atoms with Crippen LogP contribution in [0, 0.1) is 0 Å². The molecule has 112 valence electrons. The van der Waals surface area contributed by atoms with Crippen LogP contribution in [-0.4, -0.2) is 60.3 Å². The quantitative estimate of drug-likeness (QED) is 0.849. The molecular formula is C15H20N4O2. The molecule has 6 nitrogen and oxygen atoms in total. The van der Waals surface area contributed by atoms with Crippen molar-refractivity contribution in [2.24, 2.45) is 0 Å². The molecule has 6 heteroatoms. The molecule has 0 atom stereocenters. The number of aromatic nitrogens is 2. The molecule has 1 saturated heterocycles. The van der Waals surface area contributed by atoms with E-state index < -0.39 is 0 Å². The Morgan fingerprint density at radius 1 is 1.14 bits per heavy atom. The highest BCUT2D eigenvalue weighted by molar-refractivity contribution is 5.62. The largest absolute Gasteiger partial charge is 0.496 e. The molecule has 2 heterocycles. The van der Waals surface area contributed by atoms with Crippen LogP contribution in [0.25, 0.3) is 11.5 Å². The van der Waals surface area contributed by atoms with Gasteiger partial charge in [-0.2, -0.15) is 0 Å². The summed E-state index contributed by atoms with van der Waals surface area (Å²) in [6, 6.07) is 7.66. The summed E-state index contributed by atoms with van der Waals surface area (Å²) in [6.45, 7) is 4.92. The molecule has 1 aliphatic heterocycles. The Hall–Kier alpha value is -1.92. The molecule has 21 heavy (non-hydrogen) atoms. The van der Waals surface area contributed by atoms with Crippen molar-refractivity contribution >= 4 is 0 Å². The number of methoxy groups -OCH3 is 1. The van der Waals surface area contributed by atoms with Crippen LogP contribution in [0.2, 0.25) is 0 Å². The van der Waals surface area contributed by atoms with Gasteiger partial charge in [0.2, 0.25) is 5.89 Å². The van der Waals surface area contributed by atoms with Crippen LogP contribution < -0.4 is 4.74 Å². The number of hydrogen-bond acceptors (Lipinski definition) is 6. The highest BCUT2D eigenvalue weighted by Crippen LogP contribution is 2.28. The molecule has 0 unspecified atom stereocenters. The van der Waals surface area contributed by atoms with Gasteiger partial charge < -0.3 is 14.1 Å². The van der Waals surface area contributed by atoms with Crippen LogP contribution in [0.5, 0.6) is 5.75 Å². The summed E-state index contributed by atoms with van der Waals surface area (Å²) in [5, 5.41) is 8.30. The monoisotopic (exact) mass is 288 g/mol. The molecule has 2 aromatic rings. The SMILES string of the molecule is COc1ccccc1-c1nnc(CN2CCN(C)CC2)o1. The molecule has 0 spiro atoms. The first-order valence-electron chi connectivity index (χ1n) is 7.13. The predicted molar refractivity (Wildman–Crippen MR) is 79.1 cm³/mol. The second-order valence-electron chi connectivity index (χ2n) is 5.28. The maximum Gasteiger partial charge on any atom is 0.251 e. The molecule has 1 aromatic carbocycles. The number of ether oxygens (including phenoxy) is 1. The zero-order chi connectivity index (χ0) is 14.7. The van der Waals surface area contributed by atoms with Gasteiger partial charge in [0.1, 0.15) is 5.75 Å². The van der Waals surface area contributed by atoms with Crippen LogP contribution in [0.4, 0.5) is 0 Å². The molecule has 0 radical (unpaired) electrons. The Bertz CT molecular complexity index is 591. The topological polar surface area (TPSA) is 54.6 Å². The number of likely N-dealkylation sites (N-methyl/N-ethyl adjacent to an activating group) is 1. The Balaban J connectivity index is 1.71. The number of piperazine rings is 1. The molecule has 0 saturated carbocycles. The molecule has 1 aliphatic rings. The number of nitrogens with zero attached hydrogens (tertiary/aromatic N) is 4. The fourth-order valence-corrected chi connectivity index (χ4v) is 2.44. The van der Waals surface area contributed by atoms with Gasteiger partial charge >= 0.3 is 0 Å². The highest BCUT2D eigenvalue weighted by atomic mass is 16.5. The minimum absolute atomic E-state index is 0.511. The lowest BCUT2D eigenvalue weighted by Crippen LogP contribution is -2.43. The fraction of sp³-hybridized carbons (Fsp3) is 0.467. The summed E-state index contributed by atoms with van der Waals surface area (Å²) in [5.41, 5.74) is 0.831. The van der Waals surface area contributed by atoms with Crippen molar-refractivity contribution in [3.8, 4) is 17.2 Å². The fourth-order valence-electron chi connectivity index (χ4n) is 2.44. The summed E-state index contributed by atoms with van der Waals surface area (Å²) in [6.07, 6.45) is 0. The van der Waals surface area contributed by atoms with E-state index in [0.29, 0.717) is 18.3 Å². The van der Waals surface area contributed by atoms with Crippen molar-refractivity contribution in [3.63, 3.8) is 0 Å². The third kappa shape index (κ3) is 3.22. The van der Waals surface area contributed by atoms with Gasteiger partial charge in [0, 0.05) is 26.2 Å². The second kappa shape index (κ2) is 6.24. The summed E-state index contributed by atoms with van der Waals surface area (Å²) >= 11 is 0. The summed E-state index contributed by atoms with van der Waals surface area (Å²) in [7, 11) is 3.78. The van der Waals surface area contributed by atoms with Gasteiger partial charge in [0.15, 0.2) is 0 Å². The molecule has 0 bridgehead atoms. The number of rotatable bonds is 4. The van der Waals surface area contributed by atoms with Gasteiger partial charge in [-0.1, -0.05) is 12.1 Å². The number of hydrogen-bond donors (Lipinski definition) is 0. The maximum atomic E-state index is 5.78. The lowest BCUT2D eigenvalue weighted by molar-refractivity contribution is 0.138. The van der Waals surface area contributed by atoms with Gasteiger partial charge in [-0.3, -0.25) is 4.90 Å². The molecular weight excluding hydrogens is 268 g/mol. The zero-order valence-corrected chi connectivity index (χ0v) is 12.5. The normalized spacial score (nSPS) is 17.0. The van der Waals surface area contributed by atoms with Crippen molar-refractivity contribution < 1.29 is 9.15 Å². The van der Waals surface area contributed by atoms with Crippen LogP contribution in [0.15, 0.2) is 28.7 Å². The van der Waals surface area contributed by atoms with Crippen LogP contribution in [-0.2, 0) is 6.54 Å². The van der Waals surface area contributed by atoms with Crippen molar-refractivity contribution in [3.05, 3.63) is 30.2 Å². The molecule has 0 aliphatic carbocycles. The average Bonchev–Trinajstić information content (AvgIpc) is 2.98. The van der Waals surface area contributed by atoms with Gasteiger partial charge in [0.25, 0.3) is 5.89 Å². The first kappa shape index (κ1) is 14.0. The smallest absolute Gasteiger partial charge is 0.251 e.